The fourth-order valence-electron chi connectivity index (χ4n) is 6.68. The van der Waals surface area contributed by atoms with Crippen molar-refractivity contribution in [2.75, 3.05) is 23.4 Å². The Morgan fingerprint density at radius 2 is 1.80 bits per heavy atom. The molecule has 8 nitrogen and oxygen atoms in total. The largest absolute Gasteiger partial charge is 0.493 e. The topological polar surface area (TPSA) is 105 Å². The highest BCUT2D eigenvalue weighted by molar-refractivity contribution is 7.22. The number of hydrogen-bond acceptors (Lipinski definition) is 7. The van der Waals surface area contributed by atoms with Crippen LogP contribution in [0.25, 0.3) is 21.3 Å². The minimum atomic E-state index is -1.08. The van der Waals surface area contributed by atoms with Crippen molar-refractivity contribution in [2.45, 2.75) is 52.0 Å². The van der Waals surface area contributed by atoms with Crippen LogP contribution in [-0.2, 0) is 13.0 Å². The van der Waals surface area contributed by atoms with Gasteiger partial charge in [0, 0.05) is 24.2 Å². The molecule has 0 atom stereocenters. The minimum absolute atomic E-state index is 0.00383. The highest BCUT2D eigenvalue weighted by Gasteiger charge is 2.25. The van der Waals surface area contributed by atoms with Crippen LogP contribution in [-0.4, -0.2) is 40.1 Å². The van der Waals surface area contributed by atoms with Gasteiger partial charge in [-0.3, -0.25) is 10.1 Å². The van der Waals surface area contributed by atoms with Gasteiger partial charge in [-0.25, -0.2) is 14.8 Å². The number of rotatable bonds is 8. The summed E-state index contributed by atoms with van der Waals surface area (Å²) in [4.78, 5) is 37.2. The van der Waals surface area contributed by atoms with Gasteiger partial charge < -0.3 is 14.7 Å². The summed E-state index contributed by atoms with van der Waals surface area (Å²) in [5, 5.41) is 13.8. The number of carbonyl (C=O) groups excluding carboxylic acids is 1. The SMILES string of the molecule is Cc1cc(OCC2CCCCC2)ccc1-c1ccc(N2CCc3cccc(C(=O)Nc4nc5ccccc5s4)c3C2)nc1C(=O)O. The van der Waals surface area contributed by atoms with Crippen molar-refractivity contribution >= 4 is 44.4 Å². The predicted molar refractivity (Wildman–Crippen MR) is 182 cm³/mol. The molecular weight excluding hydrogens is 596 g/mol. The zero-order valence-corrected chi connectivity index (χ0v) is 26.6. The average Bonchev–Trinajstić information content (AvgIpc) is 3.49. The second-order valence-electron chi connectivity index (χ2n) is 12.2. The molecule has 1 aliphatic carbocycles. The molecule has 2 aliphatic rings. The molecule has 234 valence electrons. The van der Waals surface area contributed by atoms with E-state index in [1.165, 1.54) is 43.4 Å². The van der Waals surface area contributed by atoms with Gasteiger partial charge >= 0.3 is 5.97 Å². The average molecular weight is 633 g/mol. The molecule has 2 aromatic heterocycles. The Morgan fingerprint density at radius 3 is 2.61 bits per heavy atom. The first-order valence-electron chi connectivity index (χ1n) is 15.9. The molecule has 9 heteroatoms. The number of pyridine rings is 1. The molecule has 5 aromatic rings. The highest BCUT2D eigenvalue weighted by Crippen LogP contribution is 2.34. The first-order chi connectivity index (χ1) is 22.4. The number of amides is 1. The van der Waals surface area contributed by atoms with Gasteiger partial charge in [0.1, 0.15) is 11.6 Å². The number of nitrogens with one attached hydrogen (secondary N) is 1. The smallest absolute Gasteiger partial charge is 0.355 e. The summed E-state index contributed by atoms with van der Waals surface area (Å²) in [6.45, 7) is 3.80. The second-order valence-corrected chi connectivity index (χ2v) is 13.2. The molecule has 7 rings (SSSR count). The number of carbonyl (C=O) groups is 2. The molecule has 46 heavy (non-hydrogen) atoms. The Bertz CT molecular complexity index is 1900. The number of aryl methyl sites for hydroxylation is 1. The third kappa shape index (κ3) is 6.20. The fraction of sp³-hybridized carbons (Fsp3) is 0.297. The van der Waals surface area contributed by atoms with Crippen molar-refractivity contribution in [2.24, 2.45) is 5.92 Å². The maximum Gasteiger partial charge on any atom is 0.355 e. The van der Waals surface area contributed by atoms with Crippen molar-refractivity contribution < 1.29 is 19.4 Å². The second kappa shape index (κ2) is 12.9. The zero-order chi connectivity index (χ0) is 31.6. The zero-order valence-electron chi connectivity index (χ0n) is 25.8. The van der Waals surface area contributed by atoms with Gasteiger partial charge in [-0.2, -0.15) is 0 Å². The van der Waals surface area contributed by atoms with E-state index in [2.05, 4.69) is 15.3 Å². The molecular formula is C37H36N4O4S. The van der Waals surface area contributed by atoms with Crippen molar-refractivity contribution in [3.63, 3.8) is 0 Å². The van der Waals surface area contributed by atoms with E-state index in [4.69, 9.17) is 4.74 Å². The quantitative estimate of drug-likeness (QED) is 0.178. The number of aromatic carboxylic acids is 1. The normalized spacial score (nSPS) is 15.0. The van der Waals surface area contributed by atoms with E-state index in [0.29, 0.717) is 47.5 Å². The van der Waals surface area contributed by atoms with E-state index in [9.17, 15) is 14.7 Å². The Morgan fingerprint density at radius 1 is 0.978 bits per heavy atom. The summed E-state index contributed by atoms with van der Waals surface area (Å²) in [5.41, 5.74) is 5.78. The summed E-state index contributed by atoms with van der Waals surface area (Å²) in [5.74, 6) is 0.687. The van der Waals surface area contributed by atoms with Gasteiger partial charge in [0.15, 0.2) is 10.8 Å². The number of aromatic nitrogens is 2. The molecule has 1 aliphatic heterocycles. The van der Waals surface area contributed by atoms with Crippen molar-refractivity contribution in [1.82, 2.24) is 9.97 Å². The number of anilines is 2. The third-order valence-electron chi connectivity index (χ3n) is 9.14. The first-order valence-corrected chi connectivity index (χ1v) is 16.8. The van der Waals surface area contributed by atoms with Gasteiger partial charge in [0.05, 0.1) is 16.8 Å². The molecule has 0 spiro atoms. The minimum Gasteiger partial charge on any atom is -0.493 e. The van der Waals surface area contributed by atoms with E-state index in [-0.39, 0.29) is 11.6 Å². The van der Waals surface area contributed by atoms with E-state index >= 15 is 0 Å². The molecule has 1 fully saturated rings. The number of ether oxygens (including phenoxy) is 1. The standard InChI is InChI=1S/C37H36N4O4S/c1-23-20-26(45-22-24-8-3-2-4-9-24)14-15-27(23)28-16-17-33(39-34(28)36(43)44)41-19-18-25-10-7-11-29(30(25)21-41)35(42)40-37-38-31-12-5-6-13-32(31)46-37/h5-7,10-17,20,24H,2-4,8-9,18-19,21-22H2,1H3,(H,43,44)(H,38,40,42). The number of thiazole rings is 1. The lowest BCUT2D eigenvalue weighted by Gasteiger charge is -2.31. The van der Waals surface area contributed by atoms with Crippen LogP contribution in [0.3, 0.4) is 0 Å². The van der Waals surface area contributed by atoms with Crippen LogP contribution in [0.4, 0.5) is 10.9 Å². The van der Waals surface area contributed by atoms with Gasteiger partial charge in [-0.05, 0) is 96.8 Å². The van der Waals surface area contributed by atoms with Gasteiger partial charge in [0.2, 0.25) is 0 Å². The summed E-state index contributed by atoms with van der Waals surface area (Å²) in [6, 6.07) is 23.1. The lowest BCUT2D eigenvalue weighted by atomic mass is 9.90. The van der Waals surface area contributed by atoms with Gasteiger partial charge in [-0.1, -0.05) is 60.9 Å². The van der Waals surface area contributed by atoms with Crippen LogP contribution in [0.5, 0.6) is 5.75 Å². The molecule has 2 N–H and O–H groups in total. The van der Waals surface area contributed by atoms with Gasteiger partial charge in [-0.15, -0.1) is 0 Å². The molecule has 1 amide bonds. The predicted octanol–water partition coefficient (Wildman–Crippen LogP) is 8.14. The summed E-state index contributed by atoms with van der Waals surface area (Å²) < 4.78 is 7.14. The molecule has 1 saturated carbocycles. The van der Waals surface area contributed by atoms with E-state index in [1.807, 2.05) is 84.6 Å². The lowest BCUT2D eigenvalue weighted by Crippen LogP contribution is -2.33. The Labute approximate surface area is 272 Å². The van der Waals surface area contributed by atoms with Crippen LogP contribution in [0, 0.1) is 12.8 Å². The number of carboxylic acid groups (broad SMARTS) is 1. The van der Waals surface area contributed by atoms with Crippen molar-refractivity contribution in [3.8, 4) is 16.9 Å². The number of fused-ring (bicyclic) bond motifs is 2. The van der Waals surface area contributed by atoms with Crippen LogP contribution < -0.4 is 15.0 Å². The maximum absolute atomic E-state index is 13.5. The number of benzene rings is 3. The molecule has 0 unspecified atom stereocenters. The van der Waals surface area contributed by atoms with Crippen LogP contribution in [0.2, 0.25) is 0 Å². The van der Waals surface area contributed by atoms with E-state index in [1.54, 1.807) is 0 Å². The van der Waals surface area contributed by atoms with E-state index in [0.717, 1.165) is 44.8 Å². The molecule has 0 saturated heterocycles. The van der Waals surface area contributed by atoms with E-state index < -0.39 is 5.97 Å². The Kier molecular flexibility index (Phi) is 8.41. The monoisotopic (exact) mass is 632 g/mol. The lowest BCUT2D eigenvalue weighted by molar-refractivity contribution is 0.0691. The molecule has 3 aromatic carbocycles. The van der Waals surface area contributed by atoms with Crippen LogP contribution in [0.15, 0.2) is 72.8 Å². The van der Waals surface area contributed by atoms with Crippen molar-refractivity contribution in [1.29, 1.82) is 0 Å². The fourth-order valence-corrected chi connectivity index (χ4v) is 7.54. The number of hydrogen-bond donors (Lipinski definition) is 2. The number of nitrogens with zero attached hydrogens (tertiary/aromatic N) is 3. The molecule has 0 radical (unpaired) electrons. The maximum atomic E-state index is 13.5. The van der Waals surface area contributed by atoms with Gasteiger partial charge in [0.25, 0.3) is 5.91 Å². The number of carboxylic acids is 1. The first kappa shape index (κ1) is 29.9. The Balaban J connectivity index is 1.10. The highest BCUT2D eigenvalue weighted by atomic mass is 32.1. The molecule has 3 heterocycles. The third-order valence-corrected chi connectivity index (χ3v) is 10.1. The van der Waals surface area contributed by atoms with Crippen LogP contribution in [0.1, 0.15) is 69.6 Å². The Hall–Kier alpha value is -4.76. The number of para-hydroxylation sites is 1. The van der Waals surface area contributed by atoms with Crippen LogP contribution >= 0.6 is 11.3 Å². The van der Waals surface area contributed by atoms with Crippen molar-refractivity contribution in [3.05, 3.63) is 101 Å². The summed E-state index contributed by atoms with van der Waals surface area (Å²) in [7, 11) is 0. The summed E-state index contributed by atoms with van der Waals surface area (Å²) in [6.07, 6.45) is 7.02. The molecule has 0 bridgehead atoms. The summed E-state index contributed by atoms with van der Waals surface area (Å²) >= 11 is 1.44.